The number of ether oxygens (including phenoxy) is 1. The number of carbonyl (C=O) groups is 1. The molecule has 19 heavy (non-hydrogen) atoms. The molecule has 1 amide bonds. The van der Waals surface area contributed by atoms with E-state index in [9.17, 15) is 9.18 Å². The molecule has 0 bridgehead atoms. The maximum Gasteiger partial charge on any atom is 0.265 e. The third kappa shape index (κ3) is 2.22. The number of benzene rings is 1. The van der Waals surface area contributed by atoms with Crippen molar-refractivity contribution in [2.24, 2.45) is 0 Å². The number of amides is 1. The molecule has 2 aromatic rings. The average molecular weight is 300 g/mol. The van der Waals surface area contributed by atoms with Gasteiger partial charge in [0.1, 0.15) is 10.7 Å². The van der Waals surface area contributed by atoms with Crippen LogP contribution in [0.4, 0.5) is 4.39 Å². The van der Waals surface area contributed by atoms with Gasteiger partial charge in [-0.2, -0.15) is 0 Å². The summed E-state index contributed by atoms with van der Waals surface area (Å²) in [4.78, 5) is 14.5. The number of thiophene rings is 1. The van der Waals surface area contributed by atoms with Crippen molar-refractivity contribution in [1.29, 1.82) is 0 Å². The van der Waals surface area contributed by atoms with Gasteiger partial charge in [-0.05, 0) is 12.1 Å². The maximum atomic E-state index is 13.7. The first-order valence-corrected chi connectivity index (χ1v) is 7.11. The van der Waals surface area contributed by atoms with Crippen molar-refractivity contribution in [3.8, 4) is 0 Å². The Bertz CT molecular complexity index is 637. The Hall–Kier alpha value is -1.17. The van der Waals surface area contributed by atoms with Crippen LogP contribution >= 0.6 is 22.9 Å². The number of rotatable bonds is 1. The monoisotopic (exact) mass is 299 g/mol. The molecule has 6 heteroatoms. The molecule has 1 aliphatic rings. The van der Waals surface area contributed by atoms with E-state index in [1.54, 1.807) is 17.0 Å². The second-order valence-corrected chi connectivity index (χ2v) is 5.69. The largest absolute Gasteiger partial charge is 0.378 e. The van der Waals surface area contributed by atoms with E-state index >= 15 is 0 Å². The van der Waals surface area contributed by atoms with Gasteiger partial charge in [-0.3, -0.25) is 4.79 Å². The molecule has 1 aromatic carbocycles. The highest BCUT2D eigenvalue weighted by atomic mass is 35.5. The fourth-order valence-corrected chi connectivity index (χ4v) is 3.64. The lowest BCUT2D eigenvalue weighted by molar-refractivity contribution is 0.0306. The highest BCUT2D eigenvalue weighted by molar-refractivity contribution is 7.21. The van der Waals surface area contributed by atoms with Gasteiger partial charge >= 0.3 is 0 Å². The second kappa shape index (κ2) is 5.07. The van der Waals surface area contributed by atoms with Crippen molar-refractivity contribution >= 4 is 38.9 Å². The molecular formula is C13H11ClFNO2S. The third-order valence-corrected chi connectivity index (χ3v) is 4.73. The SMILES string of the molecule is O=C(c1sc2cccc(F)c2c1Cl)N1CCOCC1. The van der Waals surface area contributed by atoms with Crippen LogP contribution in [0, 0.1) is 5.82 Å². The molecule has 2 heterocycles. The molecule has 100 valence electrons. The lowest BCUT2D eigenvalue weighted by Gasteiger charge is -2.26. The lowest BCUT2D eigenvalue weighted by Crippen LogP contribution is -2.40. The summed E-state index contributed by atoms with van der Waals surface area (Å²) in [6.07, 6.45) is 0. The highest BCUT2D eigenvalue weighted by Crippen LogP contribution is 2.37. The van der Waals surface area contributed by atoms with Gasteiger partial charge in [-0.15, -0.1) is 11.3 Å². The van der Waals surface area contributed by atoms with Crippen LogP contribution in [0.2, 0.25) is 5.02 Å². The number of fused-ring (bicyclic) bond motifs is 1. The van der Waals surface area contributed by atoms with Crippen LogP contribution in [0.1, 0.15) is 9.67 Å². The van der Waals surface area contributed by atoms with Crippen molar-refractivity contribution < 1.29 is 13.9 Å². The van der Waals surface area contributed by atoms with Crippen molar-refractivity contribution in [3.63, 3.8) is 0 Å². The molecule has 1 aromatic heterocycles. The molecule has 0 aliphatic carbocycles. The smallest absolute Gasteiger partial charge is 0.265 e. The van der Waals surface area contributed by atoms with Crippen molar-refractivity contribution in [2.75, 3.05) is 26.3 Å². The van der Waals surface area contributed by atoms with E-state index < -0.39 is 0 Å². The number of nitrogens with zero attached hydrogens (tertiary/aromatic N) is 1. The van der Waals surface area contributed by atoms with E-state index in [1.807, 2.05) is 0 Å². The summed E-state index contributed by atoms with van der Waals surface area (Å²) in [6.45, 7) is 2.16. The van der Waals surface area contributed by atoms with Gasteiger partial charge < -0.3 is 9.64 Å². The number of carbonyl (C=O) groups excluding carboxylic acids is 1. The fraction of sp³-hybridized carbons (Fsp3) is 0.308. The van der Waals surface area contributed by atoms with Crippen LogP contribution in [-0.2, 0) is 4.74 Å². The van der Waals surface area contributed by atoms with Gasteiger partial charge in [0.15, 0.2) is 0 Å². The van der Waals surface area contributed by atoms with E-state index in [2.05, 4.69) is 0 Å². The minimum absolute atomic E-state index is 0.145. The summed E-state index contributed by atoms with van der Waals surface area (Å²) in [5.74, 6) is -0.534. The van der Waals surface area contributed by atoms with E-state index in [0.717, 1.165) is 0 Å². The summed E-state index contributed by atoms with van der Waals surface area (Å²) >= 11 is 7.40. The summed E-state index contributed by atoms with van der Waals surface area (Å²) in [7, 11) is 0. The topological polar surface area (TPSA) is 29.5 Å². The zero-order valence-electron chi connectivity index (χ0n) is 9.99. The Morgan fingerprint density at radius 2 is 2.11 bits per heavy atom. The summed E-state index contributed by atoms with van der Waals surface area (Å²) in [5.41, 5.74) is 0. The normalized spacial score (nSPS) is 16.0. The van der Waals surface area contributed by atoms with Crippen LogP contribution in [-0.4, -0.2) is 37.1 Å². The van der Waals surface area contributed by atoms with Crippen LogP contribution in [0.25, 0.3) is 10.1 Å². The minimum atomic E-state index is -0.389. The number of morpholine rings is 1. The van der Waals surface area contributed by atoms with Crippen molar-refractivity contribution in [3.05, 3.63) is 33.9 Å². The van der Waals surface area contributed by atoms with Crippen LogP contribution in [0.15, 0.2) is 18.2 Å². The first-order chi connectivity index (χ1) is 9.18. The Labute approximate surface area is 118 Å². The molecular weight excluding hydrogens is 289 g/mol. The fourth-order valence-electron chi connectivity index (χ4n) is 2.12. The quantitative estimate of drug-likeness (QED) is 0.809. The Morgan fingerprint density at radius 1 is 1.37 bits per heavy atom. The Morgan fingerprint density at radius 3 is 2.79 bits per heavy atom. The molecule has 0 unspecified atom stereocenters. The van der Waals surface area contributed by atoms with Gasteiger partial charge in [0.25, 0.3) is 5.91 Å². The number of hydrogen-bond donors (Lipinski definition) is 0. The number of halogens is 2. The second-order valence-electron chi connectivity index (χ2n) is 4.26. The molecule has 1 fully saturated rings. The standard InChI is InChI=1S/C13H11ClFNO2S/c14-11-10-8(15)2-1-3-9(10)19-12(11)13(17)16-4-6-18-7-5-16/h1-3H,4-7H2. The van der Waals surface area contributed by atoms with Gasteiger partial charge in [0.05, 0.1) is 18.2 Å². The predicted octanol–water partition coefficient (Wildman–Crippen LogP) is 3.17. The molecule has 0 N–H and O–H groups in total. The number of hydrogen-bond acceptors (Lipinski definition) is 3. The Balaban J connectivity index is 2.03. The zero-order valence-corrected chi connectivity index (χ0v) is 11.6. The van der Waals surface area contributed by atoms with Gasteiger partial charge in [-0.1, -0.05) is 17.7 Å². The van der Waals surface area contributed by atoms with Gasteiger partial charge in [0.2, 0.25) is 0 Å². The first kappa shape index (κ1) is 12.8. The van der Waals surface area contributed by atoms with E-state index in [-0.39, 0.29) is 16.7 Å². The zero-order chi connectivity index (χ0) is 13.4. The molecule has 0 spiro atoms. The van der Waals surface area contributed by atoms with Crippen LogP contribution < -0.4 is 0 Å². The summed E-state index contributed by atoms with van der Waals surface area (Å²) < 4.78 is 19.6. The van der Waals surface area contributed by atoms with E-state index in [0.29, 0.717) is 41.3 Å². The lowest BCUT2D eigenvalue weighted by atomic mass is 10.2. The third-order valence-electron chi connectivity index (χ3n) is 3.10. The van der Waals surface area contributed by atoms with Crippen LogP contribution in [0.3, 0.4) is 0 Å². The van der Waals surface area contributed by atoms with Gasteiger partial charge in [0, 0.05) is 23.2 Å². The van der Waals surface area contributed by atoms with Gasteiger partial charge in [-0.25, -0.2) is 4.39 Å². The molecule has 1 aliphatic heterocycles. The maximum absolute atomic E-state index is 13.7. The van der Waals surface area contributed by atoms with Crippen molar-refractivity contribution in [2.45, 2.75) is 0 Å². The molecule has 3 nitrogen and oxygen atoms in total. The molecule has 1 saturated heterocycles. The first-order valence-electron chi connectivity index (χ1n) is 5.92. The summed E-state index contributed by atoms with van der Waals surface area (Å²) in [6, 6.07) is 4.74. The predicted molar refractivity (Wildman–Crippen MR) is 73.5 cm³/mol. The Kier molecular flexibility index (Phi) is 3.43. The van der Waals surface area contributed by atoms with Crippen molar-refractivity contribution in [1.82, 2.24) is 4.90 Å². The summed E-state index contributed by atoms with van der Waals surface area (Å²) in [5, 5.41) is 0.556. The van der Waals surface area contributed by atoms with Crippen LogP contribution in [0.5, 0.6) is 0 Å². The molecule has 0 atom stereocenters. The molecule has 0 saturated carbocycles. The average Bonchev–Trinajstić information content (AvgIpc) is 2.78. The van der Waals surface area contributed by atoms with E-state index in [1.165, 1.54) is 17.4 Å². The molecule has 3 rings (SSSR count). The minimum Gasteiger partial charge on any atom is -0.378 e. The molecule has 0 radical (unpaired) electrons. The highest BCUT2D eigenvalue weighted by Gasteiger charge is 2.25. The van der Waals surface area contributed by atoms with E-state index in [4.69, 9.17) is 16.3 Å².